The quantitative estimate of drug-likeness (QED) is 0.409. The Morgan fingerprint density at radius 2 is 2.00 bits per heavy atom. The summed E-state index contributed by atoms with van der Waals surface area (Å²) >= 11 is 2.78. The molecule has 0 atom stereocenters. The molecule has 4 rings (SSSR count). The van der Waals surface area contributed by atoms with Gasteiger partial charge in [-0.2, -0.15) is 0 Å². The molecule has 1 aromatic carbocycles. The summed E-state index contributed by atoms with van der Waals surface area (Å²) in [6.07, 6.45) is 5.32. The molecule has 166 valence electrons. The van der Waals surface area contributed by atoms with Gasteiger partial charge in [0.1, 0.15) is 5.69 Å². The predicted octanol–water partition coefficient (Wildman–Crippen LogP) is 3.57. The number of hydrogen-bond acceptors (Lipinski definition) is 8. The number of rotatable bonds is 6. The average Bonchev–Trinajstić information content (AvgIpc) is 3.28. The van der Waals surface area contributed by atoms with Gasteiger partial charge in [-0.05, 0) is 30.5 Å². The molecule has 0 bridgehead atoms. The Kier molecular flexibility index (Phi) is 7.20. The Morgan fingerprint density at radius 3 is 2.81 bits per heavy atom. The first kappa shape index (κ1) is 22.1. The third kappa shape index (κ3) is 5.55. The molecular weight excluding hydrogens is 446 g/mol. The van der Waals surface area contributed by atoms with Crippen LogP contribution in [0.4, 0.5) is 27.0 Å². The van der Waals surface area contributed by atoms with Crippen molar-refractivity contribution in [1.29, 1.82) is 0 Å². The zero-order chi connectivity index (χ0) is 22.3. The first-order chi connectivity index (χ1) is 15.6. The molecule has 9 nitrogen and oxygen atoms in total. The summed E-state index contributed by atoms with van der Waals surface area (Å²) < 4.78 is 0. The van der Waals surface area contributed by atoms with Gasteiger partial charge < -0.3 is 20.9 Å². The van der Waals surface area contributed by atoms with Crippen LogP contribution < -0.4 is 26.2 Å². The lowest BCUT2D eigenvalue weighted by atomic mass is 10.2. The van der Waals surface area contributed by atoms with Gasteiger partial charge in [0.25, 0.3) is 5.91 Å². The minimum Gasteiger partial charge on any atom is -0.367 e. The van der Waals surface area contributed by atoms with E-state index in [9.17, 15) is 9.59 Å². The van der Waals surface area contributed by atoms with E-state index in [2.05, 4.69) is 36.1 Å². The molecule has 32 heavy (non-hydrogen) atoms. The smallest absolute Gasteiger partial charge is 0.325 e. The first-order valence-corrected chi connectivity index (χ1v) is 12.1. The molecule has 4 N–H and O–H groups in total. The largest absolute Gasteiger partial charge is 0.367 e. The third-order valence-electron chi connectivity index (χ3n) is 4.79. The molecule has 0 radical (unpaired) electrons. The number of carbonyl (C=O) groups is 2. The maximum absolute atomic E-state index is 12.8. The molecule has 11 heteroatoms. The molecule has 0 unspecified atom stereocenters. The van der Waals surface area contributed by atoms with Gasteiger partial charge in [-0.25, -0.2) is 9.78 Å². The van der Waals surface area contributed by atoms with Crippen molar-refractivity contribution >= 4 is 57.2 Å². The van der Waals surface area contributed by atoms with Crippen molar-refractivity contribution in [2.45, 2.75) is 4.90 Å². The van der Waals surface area contributed by atoms with Gasteiger partial charge in [0.05, 0.1) is 17.6 Å². The lowest BCUT2D eigenvalue weighted by Crippen LogP contribution is -2.43. The molecular formula is C21H23N7O2S2. The Labute approximate surface area is 194 Å². The highest BCUT2D eigenvalue weighted by atomic mass is 32.2. The van der Waals surface area contributed by atoms with Crippen LogP contribution in [-0.2, 0) is 0 Å². The molecule has 0 saturated carbocycles. The monoisotopic (exact) mass is 469 g/mol. The summed E-state index contributed by atoms with van der Waals surface area (Å²) in [5.41, 5.74) is 2.47. The van der Waals surface area contributed by atoms with Crippen molar-refractivity contribution in [3.05, 3.63) is 53.8 Å². The highest BCUT2D eigenvalue weighted by Gasteiger charge is 2.18. The standard InChI is InChI=1S/C21H23N7O2S2/c1-31-15-4-2-3-14(11-15)24-20(30)27-21-26-17(13-32-21)19(29)25-16-12-23-6-5-18(16)28-9-7-22-8-10-28/h2-6,11-13,22H,7-10H2,1H3,(H,25,29)(H2,24,26,27,30). The number of nitrogens with zero attached hydrogens (tertiary/aromatic N) is 3. The van der Waals surface area contributed by atoms with E-state index >= 15 is 0 Å². The maximum Gasteiger partial charge on any atom is 0.325 e. The summed E-state index contributed by atoms with van der Waals surface area (Å²) in [6, 6.07) is 9.01. The molecule has 1 fully saturated rings. The number of pyridine rings is 1. The second-order valence-corrected chi connectivity index (χ2v) is 8.67. The van der Waals surface area contributed by atoms with E-state index in [4.69, 9.17) is 0 Å². The highest BCUT2D eigenvalue weighted by Crippen LogP contribution is 2.26. The normalized spacial score (nSPS) is 13.5. The van der Waals surface area contributed by atoms with Crippen LogP contribution >= 0.6 is 23.1 Å². The topological polar surface area (TPSA) is 111 Å². The van der Waals surface area contributed by atoms with E-state index in [0.717, 1.165) is 36.8 Å². The summed E-state index contributed by atoms with van der Waals surface area (Å²) in [6.45, 7) is 3.49. The van der Waals surface area contributed by atoms with E-state index < -0.39 is 6.03 Å². The van der Waals surface area contributed by atoms with Crippen LogP contribution in [-0.4, -0.2) is 54.3 Å². The Morgan fingerprint density at radius 1 is 1.16 bits per heavy atom. The van der Waals surface area contributed by atoms with Gasteiger partial charge in [-0.3, -0.25) is 15.1 Å². The highest BCUT2D eigenvalue weighted by molar-refractivity contribution is 7.98. The summed E-state index contributed by atoms with van der Waals surface area (Å²) in [5, 5.41) is 13.6. The van der Waals surface area contributed by atoms with Crippen molar-refractivity contribution in [1.82, 2.24) is 15.3 Å². The fourth-order valence-electron chi connectivity index (χ4n) is 3.25. The van der Waals surface area contributed by atoms with Crippen molar-refractivity contribution in [3.63, 3.8) is 0 Å². The molecule has 0 spiro atoms. The molecule has 1 saturated heterocycles. The lowest BCUT2D eigenvalue weighted by molar-refractivity contribution is 0.102. The molecule has 2 aromatic heterocycles. The number of anilines is 4. The first-order valence-electron chi connectivity index (χ1n) is 10.0. The Balaban J connectivity index is 1.38. The van der Waals surface area contributed by atoms with E-state index in [1.807, 2.05) is 36.6 Å². The fraction of sp³-hybridized carbons (Fsp3) is 0.238. The van der Waals surface area contributed by atoms with Crippen LogP contribution in [0.2, 0.25) is 0 Å². The number of nitrogens with one attached hydrogen (secondary N) is 4. The number of aromatic nitrogens is 2. The maximum atomic E-state index is 12.8. The van der Waals surface area contributed by atoms with Gasteiger partial charge in [0.2, 0.25) is 0 Å². The third-order valence-corrected chi connectivity index (χ3v) is 6.27. The summed E-state index contributed by atoms with van der Waals surface area (Å²) in [4.78, 5) is 36.7. The lowest BCUT2D eigenvalue weighted by Gasteiger charge is -2.30. The SMILES string of the molecule is CSc1cccc(NC(=O)Nc2nc(C(=O)Nc3cnccc3N3CCNCC3)cs2)c1. The minimum atomic E-state index is -0.419. The van der Waals surface area contributed by atoms with Crippen molar-refractivity contribution < 1.29 is 9.59 Å². The van der Waals surface area contributed by atoms with Crippen molar-refractivity contribution in [2.75, 3.05) is 53.3 Å². The molecule has 3 aromatic rings. The predicted molar refractivity (Wildman–Crippen MR) is 130 cm³/mol. The number of thiazole rings is 1. The van der Waals surface area contributed by atoms with Gasteiger partial charge >= 0.3 is 6.03 Å². The molecule has 0 aliphatic carbocycles. The van der Waals surface area contributed by atoms with Gasteiger partial charge in [-0.15, -0.1) is 23.1 Å². The van der Waals surface area contributed by atoms with E-state index in [0.29, 0.717) is 16.5 Å². The number of piperazine rings is 1. The van der Waals surface area contributed by atoms with Crippen molar-refractivity contribution in [3.8, 4) is 0 Å². The Hall–Kier alpha value is -3.15. The number of thioether (sulfide) groups is 1. The minimum absolute atomic E-state index is 0.227. The molecule has 3 amide bonds. The zero-order valence-corrected chi connectivity index (χ0v) is 19.1. The summed E-state index contributed by atoms with van der Waals surface area (Å²) in [7, 11) is 0. The molecule has 3 heterocycles. The molecule has 1 aliphatic rings. The van der Waals surface area contributed by atoms with Crippen LogP contribution in [0.5, 0.6) is 0 Å². The number of urea groups is 1. The number of amides is 3. The number of benzene rings is 1. The van der Waals surface area contributed by atoms with Gasteiger partial charge in [-0.1, -0.05) is 6.07 Å². The number of hydrogen-bond donors (Lipinski definition) is 4. The van der Waals surface area contributed by atoms with E-state index in [1.165, 1.54) is 11.3 Å². The second kappa shape index (κ2) is 10.4. The van der Waals surface area contributed by atoms with E-state index in [1.54, 1.807) is 29.5 Å². The number of carbonyl (C=O) groups excluding carboxylic acids is 2. The fourth-order valence-corrected chi connectivity index (χ4v) is 4.39. The zero-order valence-electron chi connectivity index (χ0n) is 17.4. The van der Waals surface area contributed by atoms with Crippen molar-refractivity contribution in [2.24, 2.45) is 0 Å². The van der Waals surface area contributed by atoms with Crippen LogP contribution in [0, 0.1) is 0 Å². The van der Waals surface area contributed by atoms with Crippen LogP contribution in [0.3, 0.4) is 0 Å². The van der Waals surface area contributed by atoms with E-state index in [-0.39, 0.29) is 11.6 Å². The average molecular weight is 470 g/mol. The summed E-state index contributed by atoms with van der Waals surface area (Å²) in [5.74, 6) is -0.355. The van der Waals surface area contributed by atoms with Crippen LogP contribution in [0.25, 0.3) is 0 Å². The van der Waals surface area contributed by atoms with Crippen LogP contribution in [0.1, 0.15) is 10.5 Å². The Bertz CT molecular complexity index is 1100. The van der Waals surface area contributed by atoms with Gasteiger partial charge in [0.15, 0.2) is 5.13 Å². The second-order valence-electron chi connectivity index (χ2n) is 6.93. The molecule has 1 aliphatic heterocycles. The van der Waals surface area contributed by atoms with Crippen LogP contribution in [0.15, 0.2) is 53.0 Å². The van der Waals surface area contributed by atoms with Gasteiger partial charge in [0, 0.05) is 48.3 Å².